The van der Waals surface area contributed by atoms with Crippen molar-refractivity contribution in [1.29, 1.82) is 0 Å². The van der Waals surface area contributed by atoms with E-state index in [4.69, 9.17) is 0 Å². The molecule has 1 aliphatic heterocycles. The molecule has 2 aromatic carbocycles. The van der Waals surface area contributed by atoms with E-state index in [1.165, 1.54) is 0 Å². The first kappa shape index (κ1) is 21.1. The molecule has 3 rings (SSSR count). The Labute approximate surface area is 173 Å². The lowest BCUT2D eigenvalue weighted by Crippen LogP contribution is -2.50. The number of likely N-dealkylation sites (tertiary alicyclic amines) is 1. The molecule has 0 bridgehead atoms. The molecule has 1 heterocycles. The smallest absolute Gasteiger partial charge is 0.239 e. The van der Waals surface area contributed by atoms with E-state index < -0.39 is 0 Å². The van der Waals surface area contributed by atoms with Gasteiger partial charge in [0.05, 0.1) is 6.04 Å². The van der Waals surface area contributed by atoms with Gasteiger partial charge in [-0.3, -0.25) is 14.5 Å². The summed E-state index contributed by atoms with van der Waals surface area (Å²) in [6.07, 6.45) is 1.56. The number of piperidine rings is 1. The highest BCUT2D eigenvalue weighted by molar-refractivity contribution is 5.92. The van der Waals surface area contributed by atoms with Crippen LogP contribution in [0, 0.1) is 5.92 Å². The Hall–Kier alpha value is -2.66. The second-order valence-electron chi connectivity index (χ2n) is 7.68. The number of rotatable bonds is 7. The number of hydrogen-bond donors (Lipinski definition) is 1. The van der Waals surface area contributed by atoms with E-state index in [1.807, 2.05) is 67.3 Å². The zero-order valence-corrected chi connectivity index (χ0v) is 17.4. The number of amides is 2. The third-order valence-electron chi connectivity index (χ3n) is 5.76. The molecule has 29 heavy (non-hydrogen) atoms. The Morgan fingerprint density at radius 1 is 1.03 bits per heavy atom. The Morgan fingerprint density at radius 3 is 2.21 bits per heavy atom. The van der Waals surface area contributed by atoms with Gasteiger partial charge >= 0.3 is 0 Å². The van der Waals surface area contributed by atoms with Crippen molar-refractivity contribution in [1.82, 2.24) is 9.80 Å². The SMILES string of the molecule is CCN(Cc1ccccc1)C(=O)C(C)N1CCC(C(=O)Nc2ccccc2)CC1. The monoisotopic (exact) mass is 393 g/mol. The summed E-state index contributed by atoms with van der Waals surface area (Å²) in [5.74, 6) is 0.234. The summed E-state index contributed by atoms with van der Waals surface area (Å²) in [7, 11) is 0. The Morgan fingerprint density at radius 2 is 1.62 bits per heavy atom. The fourth-order valence-corrected chi connectivity index (χ4v) is 3.88. The van der Waals surface area contributed by atoms with Crippen molar-refractivity contribution < 1.29 is 9.59 Å². The highest BCUT2D eigenvalue weighted by Crippen LogP contribution is 2.22. The van der Waals surface area contributed by atoms with Crippen LogP contribution >= 0.6 is 0 Å². The Kier molecular flexibility index (Phi) is 7.42. The molecule has 0 aromatic heterocycles. The minimum absolute atomic E-state index is 0.000329. The molecule has 5 heteroatoms. The number of anilines is 1. The molecule has 0 radical (unpaired) electrons. The quantitative estimate of drug-likeness (QED) is 0.779. The number of para-hydroxylation sites is 1. The van der Waals surface area contributed by atoms with Crippen LogP contribution in [0.4, 0.5) is 5.69 Å². The molecular formula is C24H31N3O2. The maximum Gasteiger partial charge on any atom is 0.239 e. The van der Waals surface area contributed by atoms with Gasteiger partial charge in [0, 0.05) is 24.7 Å². The first-order valence-electron chi connectivity index (χ1n) is 10.5. The van der Waals surface area contributed by atoms with Crippen LogP contribution in [0.3, 0.4) is 0 Å². The molecule has 1 N–H and O–H groups in total. The van der Waals surface area contributed by atoms with Crippen LogP contribution in [-0.2, 0) is 16.1 Å². The van der Waals surface area contributed by atoms with Gasteiger partial charge < -0.3 is 10.2 Å². The van der Waals surface area contributed by atoms with Gasteiger partial charge in [-0.2, -0.15) is 0 Å². The summed E-state index contributed by atoms with van der Waals surface area (Å²) < 4.78 is 0. The van der Waals surface area contributed by atoms with Crippen LogP contribution in [0.25, 0.3) is 0 Å². The lowest BCUT2D eigenvalue weighted by atomic mass is 9.94. The average molecular weight is 394 g/mol. The fraction of sp³-hybridized carbons (Fsp3) is 0.417. The maximum atomic E-state index is 13.0. The van der Waals surface area contributed by atoms with Gasteiger partial charge in [0.2, 0.25) is 11.8 Å². The van der Waals surface area contributed by atoms with Crippen molar-refractivity contribution >= 4 is 17.5 Å². The van der Waals surface area contributed by atoms with Crippen LogP contribution in [0.1, 0.15) is 32.3 Å². The Balaban J connectivity index is 1.51. The van der Waals surface area contributed by atoms with E-state index in [9.17, 15) is 9.59 Å². The van der Waals surface area contributed by atoms with Crippen LogP contribution in [0.5, 0.6) is 0 Å². The molecule has 1 fully saturated rings. The molecule has 1 atom stereocenters. The van der Waals surface area contributed by atoms with Gasteiger partial charge in [-0.15, -0.1) is 0 Å². The Bertz CT molecular complexity index is 786. The van der Waals surface area contributed by atoms with Gasteiger partial charge in [0.15, 0.2) is 0 Å². The first-order valence-corrected chi connectivity index (χ1v) is 10.5. The van der Waals surface area contributed by atoms with E-state index in [1.54, 1.807) is 0 Å². The van der Waals surface area contributed by atoms with Crippen molar-refractivity contribution in [3.8, 4) is 0 Å². The van der Waals surface area contributed by atoms with E-state index in [0.717, 1.165) is 37.2 Å². The van der Waals surface area contributed by atoms with E-state index in [0.29, 0.717) is 13.1 Å². The van der Waals surface area contributed by atoms with E-state index >= 15 is 0 Å². The van der Waals surface area contributed by atoms with Crippen molar-refractivity contribution in [3.05, 3.63) is 66.2 Å². The van der Waals surface area contributed by atoms with Crippen LogP contribution in [0.15, 0.2) is 60.7 Å². The molecule has 5 nitrogen and oxygen atoms in total. The lowest BCUT2D eigenvalue weighted by Gasteiger charge is -2.37. The van der Waals surface area contributed by atoms with Crippen LogP contribution in [-0.4, -0.2) is 47.3 Å². The zero-order chi connectivity index (χ0) is 20.6. The van der Waals surface area contributed by atoms with Crippen LogP contribution < -0.4 is 5.32 Å². The van der Waals surface area contributed by atoms with Crippen molar-refractivity contribution in [2.45, 2.75) is 39.3 Å². The standard InChI is InChI=1S/C24H31N3O2/c1-3-26(18-20-10-6-4-7-11-20)24(29)19(2)27-16-14-21(15-17-27)23(28)25-22-12-8-5-9-13-22/h4-13,19,21H,3,14-18H2,1-2H3,(H,25,28). The largest absolute Gasteiger partial charge is 0.337 e. The molecule has 2 aromatic rings. The van der Waals surface area contributed by atoms with Gasteiger partial charge in [-0.25, -0.2) is 0 Å². The first-order chi connectivity index (χ1) is 14.1. The predicted molar refractivity (Wildman–Crippen MR) is 116 cm³/mol. The summed E-state index contributed by atoms with van der Waals surface area (Å²) >= 11 is 0. The minimum Gasteiger partial charge on any atom is -0.337 e. The van der Waals surface area contributed by atoms with Crippen molar-refractivity contribution in [2.75, 3.05) is 25.0 Å². The third-order valence-corrected chi connectivity index (χ3v) is 5.76. The molecule has 1 aliphatic rings. The number of hydrogen-bond acceptors (Lipinski definition) is 3. The highest BCUT2D eigenvalue weighted by atomic mass is 16.2. The number of carbonyl (C=O) groups excluding carboxylic acids is 2. The molecule has 0 spiro atoms. The maximum absolute atomic E-state index is 13.0. The molecule has 154 valence electrons. The highest BCUT2D eigenvalue weighted by Gasteiger charge is 2.31. The number of nitrogens with one attached hydrogen (secondary N) is 1. The predicted octanol–water partition coefficient (Wildman–Crippen LogP) is 3.77. The van der Waals surface area contributed by atoms with Gasteiger partial charge in [0.1, 0.15) is 0 Å². The zero-order valence-electron chi connectivity index (χ0n) is 17.4. The minimum atomic E-state index is -0.170. The van der Waals surface area contributed by atoms with E-state index in [-0.39, 0.29) is 23.8 Å². The van der Waals surface area contributed by atoms with E-state index in [2.05, 4.69) is 22.3 Å². The number of carbonyl (C=O) groups is 2. The second kappa shape index (κ2) is 10.2. The van der Waals surface area contributed by atoms with Crippen molar-refractivity contribution in [2.24, 2.45) is 5.92 Å². The normalized spacial score (nSPS) is 16.2. The lowest BCUT2D eigenvalue weighted by molar-refractivity contribution is -0.137. The molecule has 1 saturated heterocycles. The summed E-state index contributed by atoms with van der Waals surface area (Å²) in [4.78, 5) is 29.7. The summed E-state index contributed by atoms with van der Waals surface area (Å²) in [5.41, 5.74) is 1.98. The summed E-state index contributed by atoms with van der Waals surface area (Å²) in [6, 6.07) is 19.5. The fourth-order valence-electron chi connectivity index (χ4n) is 3.88. The molecule has 2 amide bonds. The topological polar surface area (TPSA) is 52.7 Å². The van der Waals surface area contributed by atoms with Gasteiger partial charge in [0.25, 0.3) is 0 Å². The molecule has 1 unspecified atom stereocenters. The van der Waals surface area contributed by atoms with Crippen LogP contribution in [0.2, 0.25) is 0 Å². The number of likely N-dealkylation sites (N-methyl/N-ethyl adjacent to an activating group) is 1. The number of benzene rings is 2. The van der Waals surface area contributed by atoms with Crippen molar-refractivity contribution in [3.63, 3.8) is 0 Å². The molecule has 0 saturated carbocycles. The third kappa shape index (κ3) is 5.67. The summed E-state index contributed by atoms with van der Waals surface area (Å²) in [5, 5.41) is 3.00. The molecule has 0 aliphatic carbocycles. The second-order valence-corrected chi connectivity index (χ2v) is 7.68. The number of nitrogens with zero attached hydrogens (tertiary/aromatic N) is 2. The summed E-state index contributed by atoms with van der Waals surface area (Å²) in [6.45, 7) is 6.86. The van der Waals surface area contributed by atoms with Gasteiger partial charge in [-0.1, -0.05) is 48.5 Å². The average Bonchev–Trinajstić information content (AvgIpc) is 2.78. The molecular weight excluding hydrogens is 362 g/mol. The van der Waals surface area contributed by atoms with Gasteiger partial charge in [-0.05, 0) is 57.5 Å².